The van der Waals surface area contributed by atoms with Crippen molar-refractivity contribution in [2.45, 2.75) is 38.6 Å². The fourth-order valence-electron chi connectivity index (χ4n) is 1.69. The maximum absolute atomic E-state index is 11.5. The molecule has 0 radical (unpaired) electrons. The van der Waals surface area contributed by atoms with Crippen LogP contribution in [0.5, 0.6) is 0 Å². The van der Waals surface area contributed by atoms with Gasteiger partial charge in [0.2, 0.25) is 12.2 Å². The summed E-state index contributed by atoms with van der Waals surface area (Å²) in [6.07, 6.45) is 5.03. The SMILES string of the molecule is O=C(O)CCCCCNC(=O)CCn1cnc([N+](=O)[O-])c1. The van der Waals surface area contributed by atoms with Crippen LogP contribution in [0.25, 0.3) is 0 Å². The zero-order valence-electron chi connectivity index (χ0n) is 11.5. The minimum atomic E-state index is -0.812. The average molecular weight is 298 g/mol. The van der Waals surface area contributed by atoms with Crippen molar-refractivity contribution in [3.8, 4) is 0 Å². The van der Waals surface area contributed by atoms with Crippen molar-refractivity contribution in [2.24, 2.45) is 0 Å². The van der Waals surface area contributed by atoms with E-state index in [4.69, 9.17) is 5.11 Å². The molecular formula is C12H18N4O5. The Morgan fingerprint density at radius 1 is 1.33 bits per heavy atom. The Morgan fingerprint density at radius 2 is 2.10 bits per heavy atom. The van der Waals surface area contributed by atoms with Gasteiger partial charge in [0.1, 0.15) is 6.20 Å². The van der Waals surface area contributed by atoms with Gasteiger partial charge in [-0.05, 0) is 22.7 Å². The first kappa shape index (κ1) is 16.6. The minimum absolute atomic E-state index is 0.146. The van der Waals surface area contributed by atoms with Gasteiger partial charge < -0.3 is 25.1 Å². The second kappa shape index (κ2) is 8.67. The van der Waals surface area contributed by atoms with Gasteiger partial charge in [-0.2, -0.15) is 0 Å². The summed E-state index contributed by atoms with van der Waals surface area (Å²) in [5.74, 6) is -1.20. The number of aromatic nitrogens is 2. The first-order valence-electron chi connectivity index (χ1n) is 6.63. The summed E-state index contributed by atoms with van der Waals surface area (Å²) in [6, 6.07) is 0. The topological polar surface area (TPSA) is 127 Å². The lowest BCUT2D eigenvalue weighted by atomic mass is 10.2. The average Bonchev–Trinajstić information content (AvgIpc) is 2.89. The highest BCUT2D eigenvalue weighted by Gasteiger charge is 2.10. The van der Waals surface area contributed by atoms with Crippen LogP contribution < -0.4 is 5.32 Å². The quantitative estimate of drug-likeness (QED) is 0.376. The first-order valence-corrected chi connectivity index (χ1v) is 6.63. The second-order valence-corrected chi connectivity index (χ2v) is 4.53. The van der Waals surface area contributed by atoms with Gasteiger partial charge in [0.05, 0.1) is 0 Å². The van der Waals surface area contributed by atoms with Gasteiger partial charge in [-0.25, -0.2) is 0 Å². The van der Waals surface area contributed by atoms with Gasteiger partial charge in [0.25, 0.3) is 0 Å². The molecule has 0 aliphatic rings. The number of hydrogen-bond donors (Lipinski definition) is 2. The molecule has 1 aromatic heterocycles. The molecule has 0 spiro atoms. The Labute approximate surface area is 121 Å². The van der Waals surface area contributed by atoms with E-state index in [1.54, 1.807) is 0 Å². The number of rotatable bonds is 10. The summed E-state index contributed by atoms with van der Waals surface area (Å²) < 4.78 is 1.49. The number of aliphatic carboxylic acids is 1. The van der Waals surface area contributed by atoms with Gasteiger partial charge in [0, 0.05) is 25.9 Å². The number of carboxylic acids is 1. The van der Waals surface area contributed by atoms with E-state index in [-0.39, 0.29) is 24.6 Å². The number of hydrogen-bond acceptors (Lipinski definition) is 5. The number of carbonyl (C=O) groups excluding carboxylic acids is 1. The Morgan fingerprint density at radius 3 is 2.71 bits per heavy atom. The summed E-state index contributed by atoms with van der Waals surface area (Å²) >= 11 is 0. The van der Waals surface area contributed by atoms with Gasteiger partial charge in [-0.3, -0.25) is 9.59 Å². The fourth-order valence-corrected chi connectivity index (χ4v) is 1.69. The minimum Gasteiger partial charge on any atom is -0.481 e. The number of carbonyl (C=O) groups is 2. The van der Waals surface area contributed by atoms with E-state index in [9.17, 15) is 19.7 Å². The monoisotopic (exact) mass is 298 g/mol. The zero-order valence-corrected chi connectivity index (χ0v) is 11.5. The number of amides is 1. The molecular weight excluding hydrogens is 280 g/mol. The third-order valence-electron chi connectivity index (χ3n) is 2.79. The van der Waals surface area contributed by atoms with E-state index in [0.717, 1.165) is 12.8 Å². The molecule has 0 unspecified atom stereocenters. The number of nitrogens with one attached hydrogen (secondary N) is 1. The number of carboxylic acid groups (broad SMARTS) is 1. The fraction of sp³-hybridized carbons (Fsp3) is 0.583. The molecule has 0 atom stereocenters. The highest BCUT2D eigenvalue weighted by atomic mass is 16.6. The molecule has 2 N–H and O–H groups in total. The van der Waals surface area contributed by atoms with E-state index >= 15 is 0 Å². The van der Waals surface area contributed by atoms with Crippen molar-refractivity contribution < 1.29 is 19.6 Å². The predicted molar refractivity (Wildman–Crippen MR) is 72.6 cm³/mol. The number of aryl methyl sites for hydroxylation is 1. The Balaban J connectivity index is 2.10. The van der Waals surface area contributed by atoms with E-state index < -0.39 is 10.9 Å². The predicted octanol–water partition coefficient (Wildman–Crippen LogP) is 0.943. The number of nitrogens with zero attached hydrogens (tertiary/aromatic N) is 3. The molecule has 0 bridgehead atoms. The molecule has 1 rings (SSSR count). The molecule has 116 valence electrons. The molecule has 9 nitrogen and oxygen atoms in total. The highest BCUT2D eigenvalue weighted by molar-refractivity contribution is 5.75. The van der Waals surface area contributed by atoms with Crippen LogP contribution in [0.2, 0.25) is 0 Å². The smallest absolute Gasteiger partial charge is 0.381 e. The standard InChI is InChI=1S/C12H18N4O5/c17-11(13-6-3-1-2-4-12(18)19)5-7-15-8-10(14-9-15)16(20)21/h8-9H,1-7H2,(H,13,17)(H,18,19). The van der Waals surface area contributed by atoms with Crippen LogP contribution >= 0.6 is 0 Å². The molecule has 0 fully saturated rings. The third-order valence-corrected chi connectivity index (χ3v) is 2.79. The van der Waals surface area contributed by atoms with Crippen LogP contribution in [0.15, 0.2) is 12.5 Å². The third kappa shape index (κ3) is 7.04. The molecule has 9 heteroatoms. The van der Waals surface area contributed by atoms with E-state index in [1.165, 1.54) is 17.1 Å². The van der Waals surface area contributed by atoms with Gasteiger partial charge in [-0.1, -0.05) is 6.42 Å². The number of imidazole rings is 1. The Bertz CT molecular complexity index is 500. The maximum atomic E-state index is 11.5. The lowest BCUT2D eigenvalue weighted by Crippen LogP contribution is -2.25. The van der Waals surface area contributed by atoms with Crippen molar-refractivity contribution in [1.82, 2.24) is 14.9 Å². The summed E-state index contributed by atoms with van der Waals surface area (Å²) in [7, 11) is 0. The van der Waals surface area contributed by atoms with E-state index in [2.05, 4.69) is 10.3 Å². The summed E-state index contributed by atoms with van der Waals surface area (Å²) in [6.45, 7) is 0.828. The molecule has 21 heavy (non-hydrogen) atoms. The van der Waals surface area contributed by atoms with Crippen LogP contribution in [0.4, 0.5) is 5.82 Å². The Kier molecular flexibility index (Phi) is 6.85. The molecule has 0 aliphatic carbocycles. The second-order valence-electron chi connectivity index (χ2n) is 4.53. The molecule has 0 saturated heterocycles. The normalized spacial score (nSPS) is 10.3. The van der Waals surface area contributed by atoms with Crippen LogP contribution in [-0.2, 0) is 16.1 Å². The number of unbranched alkanes of at least 4 members (excludes halogenated alkanes) is 2. The largest absolute Gasteiger partial charge is 0.481 e. The molecule has 0 saturated carbocycles. The molecule has 0 aliphatic heterocycles. The van der Waals surface area contributed by atoms with Gasteiger partial charge in [0.15, 0.2) is 0 Å². The van der Waals surface area contributed by atoms with E-state index in [0.29, 0.717) is 19.5 Å². The summed E-state index contributed by atoms with van der Waals surface area (Å²) in [5.41, 5.74) is 0. The van der Waals surface area contributed by atoms with Crippen LogP contribution in [-0.4, -0.2) is 38.0 Å². The number of nitro groups is 1. The Hall–Kier alpha value is -2.45. The van der Waals surface area contributed by atoms with Crippen molar-refractivity contribution in [2.75, 3.05) is 6.54 Å². The lowest BCUT2D eigenvalue weighted by molar-refractivity contribution is -0.389. The van der Waals surface area contributed by atoms with Crippen molar-refractivity contribution in [1.29, 1.82) is 0 Å². The molecule has 1 amide bonds. The van der Waals surface area contributed by atoms with Crippen LogP contribution in [0, 0.1) is 10.1 Å². The van der Waals surface area contributed by atoms with Crippen LogP contribution in [0.3, 0.4) is 0 Å². The van der Waals surface area contributed by atoms with Crippen molar-refractivity contribution in [3.63, 3.8) is 0 Å². The highest BCUT2D eigenvalue weighted by Crippen LogP contribution is 2.06. The molecule has 0 aromatic carbocycles. The molecule has 1 heterocycles. The maximum Gasteiger partial charge on any atom is 0.381 e. The van der Waals surface area contributed by atoms with Crippen molar-refractivity contribution in [3.05, 3.63) is 22.6 Å². The van der Waals surface area contributed by atoms with Crippen LogP contribution in [0.1, 0.15) is 32.1 Å². The summed E-state index contributed by atoms with van der Waals surface area (Å²) in [4.78, 5) is 35.2. The first-order chi connectivity index (χ1) is 9.99. The van der Waals surface area contributed by atoms with Gasteiger partial charge in [-0.15, -0.1) is 0 Å². The lowest BCUT2D eigenvalue weighted by Gasteiger charge is -2.04. The molecule has 1 aromatic rings. The van der Waals surface area contributed by atoms with Crippen molar-refractivity contribution >= 4 is 17.7 Å². The van der Waals surface area contributed by atoms with Gasteiger partial charge >= 0.3 is 11.8 Å². The summed E-state index contributed by atoms with van der Waals surface area (Å²) in [5, 5.41) is 21.6. The zero-order chi connectivity index (χ0) is 15.7. The van der Waals surface area contributed by atoms with E-state index in [1.807, 2.05) is 0 Å².